The number of hydrogen-bond donors (Lipinski definition) is 1. The van der Waals surface area contributed by atoms with E-state index in [9.17, 15) is 4.79 Å². The second-order valence-corrected chi connectivity index (χ2v) is 8.75. The van der Waals surface area contributed by atoms with Crippen LogP contribution in [0, 0.1) is 12.8 Å². The molecule has 3 rings (SSSR count). The Bertz CT molecular complexity index is 615. The number of nitrogens with zero attached hydrogens (tertiary/aromatic N) is 1. The van der Waals surface area contributed by atoms with Gasteiger partial charge in [-0.25, -0.2) is 0 Å². The van der Waals surface area contributed by atoms with E-state index in [1.165, 1.54) is 43.4 Å². The Morgan fingerprint density at radius 1 is 1.19 bits per heavy atom. The topological polar surface area (TPSA) is 41.6 Å². The number of aryl methyl sites for hydroxylation is 1. The van der Waals surface area contributed by atoms with E-state index in [-0.39, 0.29) is 12.5 Å². The highest BCUT2D eigenvalue weighted by molar-refractivity contribution is 5.77. The third-order valence-corrected chi connectivity index (χ3v) is 6.18. The quantitative estimate of drug-likeness (QED) is 0.777. The molecule has 1 amide bonds. The van der Waals surface area contributed by atoms with Crippen molar-refractivity contribution in [1.82, 2.24) is 10.2 Å². The average molecular weight is 373 g/mol. The fourth-order valence-electron chi connectivity index (χ4n) is 4.62. The lowest BCUT2D eigenvalue weighted by molar-refractivity contribution is -0.124. The van der Waals surface area contributed by atoms with Crippen molar-refractivity contribution in [2.75, 3.05) is 26.2 Å². The van der Waals surface area contributed by atoms with Gasteiger partial charge in [0.25, 0.3) is 5.91 Å². The van der Waals surface area contributed by atoms with Crippen molar-refractivity contribution in [3.05, 3.63) is 29.3 Å². The minimum Gasteiger partial charge on any atom is -0.484 e. The van der Waals surface area contributed by atoms with E-state index in [1.54, 1.807) is 0 Å². The van der Waals surface area contributed by atoms with Gasteiger partial charge in [-0.15, -0.1) is 0 Å². The maximum Gasteiger partial charge on any atom is 0.258 e. The maximum atomic E-state index is 12.3. The second-order valence-electron chi connectivity index (χ2n) is 8.75. The smallest absolute Gasteiger partial charge is 0.258 e. The van der Waals surface area contributed by atoms with Crippen LogP contribution >= 0.6 is 0 Å². The predicted molar refractivity (Wildman–Crippen MR) is 110 cm³/mol. The zero-order valence-corrected chi connectivity index (χ0v) is 17.3. The molecule has 4 nitrogen and oxygen atoms in total. The van der Waals surface area contributed by atoms with Crippen LogP contribution in [0.5, 0.6) is 5.75 Å². The van der Waals surface area contributed by atoms with Crippen molar-refractivity contribution >= 4 is 5.91 Å². The molecule has 1 aromatic rings. The van der Waals surface area contributed by atoms with E-state index < -0.39 is 0 Å². The fraction of sp³-hybridized carbons (Fsp3) is 0.696. The molecule has 0 radical (unpaired) electrons. The van der Waals surface area contributed by atoms with E-state index in [4.69, 9.17) is 4.74 Å². The number of benzene rings is 1. The van der Waals surface area contributed by atoms with Gasteiger partial charge in [0.2, 0.25) is 0 Å². The second kappa shape index (κ2) is 9.59. The largest absolute Gasteiger partial charge is 0.484 e. The molecule has 1 N–H and O–H groups in total. The Balaban J connectivity index is 1.37. The van der Waals surface area contributed by atoms with Crippen LogP contribution in [0.1, 0.15) is 69.4 Å². The number of carbonyl (C=O) groups is 1. The lowest BCUT2D eigenvalue weighted by Gasteiger charge is -2.33. The molecular formula is C23H36N2O2. The summed E-state index contributed by atoms with van der Waals surface area (Å²) in [4.78, 5) is 14.8. The fourth-order valence-corrected chi connectivity index (χ4v) is 4.62. The number of carbonyl (C=O) groups excluding carboxylic acids is 1. The third-order valence-electron chi connectivity index (χ3n) is 6.18. The Hall–Kier alpha value is -1.55. The van der Waals surface area contributed by atoms with Gasteiger partial charge in [0, 0.05) is 25.7 Å². The summed E-state index contributed by atoms with van der Waals surface area (Å²) in [5, 5.41) is 3.16. The molecule has 1 aromatic carbocycles. The van der Waals surface area contributed by atoms with Crippen LogP contribution in [-0.4, -0.2) is 43.1 Å². The van der Waals surface area contributed by atoms with Gasteiger partial charge in [-0.2, -0.15) is 0 Å². The SMILES string of the molecule is Cc1cc(OCC(=O)NC2CCN(CC3CCCC3)CC2)ccc1C(C)C. The summed E-state index contributed by atoms with van der Waals surface area (Å²) in [5.74, 6) is 2.19. The van der Waals surface area contributed by atoms with E-state index in [2.05, 4.69) is 37.1 Å². The molecule has 4 heteroatoms. The van der Waals surface area contributed by atoms with Crippen molar-refractivity contribution in [3.63, 3.8) is 0 Å². The molecule has 0 atom stereocenters. The highest BCUT2D eigenvalue weighted by atomic mass is 16.5. The Morgan fingerprint density at radius 2 is 1.89 bits per heavy atom. The van der Waals surface area contributed by atoms with Gasteiger partial charge >= 0.3 is 0 Å². The predicted octanol–water partition coefficient (Wildman–Crippen LogP) is 4.27. The first-order chi connectivity index (χ1) is 13.0. The van der Waals surface area contributed by atoms with Crippen molar-refractivity contribution in [2.45, 2.75) is 71.3 Å². The third kappa shape index (κ3) is 5.97. The van der Waals surface area contributed by atoms with Crippen LogP contribution in [0.15, 0.2) is 18.2 Å². The summed E-state index contributed by atoms with van der Waals surface area (Å²) in [6.07, 6.45) is 7.76. The Kier molecular flexibility index (Phi) is 7.17. The van der Waals surface area contributed by atoms with Crippen molar-refractivity contribution < 1.29 is 9.53 Å². The van der Waals surface area contributed by atoms with Crippen LogP contribution < -0.4 is 10.1 Å². The first-order valence-corrected chi connectivity index (χ1v) is 10.8. The van der Waals surface area contributed by atoms with Gasteiger partial charge in [-0.05, 0) is 67.7 Å². The standard InChI is InChI=1S/C23H36N2O2/c1-17(2)22-9-8-21(14-18(22)3)27-16-23(26)24-20-10-12-25(13-11-20)15-19-6-4-5-7-19/h8-9,14,17,19-20H,4-7,10-13,15-16H2,1-3H3,(H,24,26). The molecule has 2 aliphatic rings. The molecule has 0 bridgehead atoms. The van der Waals surface area contributed by atoms with Gasteiger partial charge in [-0.1, -0.05) is 32.8 Å². The van der Waals surface area contributed by atoms with Crippen LogP contribution in [0.25, 0.3) is 0 Å². The van der Waals surface area contributed by atoms with Crippen LogP contribution in [0.3, 0.4) is 0 Å². The summed E-state index contributed by atoms with van der Waals surface area (Å²) in [6.45, 7) is 10.1. The van der Waals surface area contributed by atoms with Crippen LogP contribution in [0.2, 0.25) is 0 Å². The zero-order valence-electron chi connectivity index (χ0n) is 17.3. The van der Waals surface area contributed by atoms with Crippen molar-refractivity contribution in [1.29, 1.82) is 0 Å². The summed E-state index contributed by atoms with van der Waals surface area (Å²) < 4.78 is 5.71. The number of nitrogens with one attached hydrogen (secondary N) is 1. The highest BCUT2D eigenvalue weighted by Crippen LogP contribution is 2.26. The van der Waals surface area contributed by atoms with E-state index >= 15 is 0 Å². The van der Waals surface area contributed by atoms with E-state index in [0.717, 1.165) is 37.6 Å². The molecule has 2 fully saturated rings. The summed E-state index contributed by atoms with van der Waals surface area (Å²) in [5.41, 5.74) is 2.55. The zero-order chi connectivity index (χ0) is 19.2. The maximum absolute atomic E-state index is 12.3. The summed E-state index contributed by atoms with van der Waals surface area (Å²) in [6, 6.07) is 6.40. The highest BCUT2D eigenvalue weighted by Gasteiger charge is 2.24. The normalized spacial score (nSPS) is 19.6. The van der Waals surface area contributed by atoms with E-state index in [0.29, 0.717) is 12.0 Å². The molecule has 1 saturated carbocycles. The van der Waals surface area contributed by atoms with Gasteiger partial charge in [-0.3, -0.25) is 4.79 Å². The number of ether oxygens (including phenoxy) is 1. The lowest BCUT2D eigenvalue weighted by Crippen LogP contribution is -2.46. The first-order valence-electron chi connectivity index (χ1n) is 10.8. The lowest BCUT2D eigenvalue weighted by atomic mass is 9.98. The molecule has 27 heavy (non-hydrogen) atoms. The number of hydrogen-bond acceptors (Lipinski definition) is 3. The number of piperidine rings is 1. The van der Waals surface area contributed by atoms with Crippen LogP contribution in [0.4, 0.5) is 0 Å². The molecule has 1 saturated heterocycles. The van der Waals surface area contributed by atoms with Gasteiger partial charge in [0.05, 0.1) is 0 Å². The monoisotopic (exact) mass is 372 g/mol. The summed E-state index contributed by atoms with van der Waals surface area (Å²) in [7, 11) is 0. The molecular weight excluding hydrogens is 336 g/mol. The Labute approximate surface area is 164 Å². The van der Waals surface area contributed by atoms with Crippen molar-refractivity contribution in [2.24, 2.45) is 5.92 Å². The van der Waals surface area contributed by atoms with Gasteiger partial charge in [0.1, 0.15) is 5.75 Å². The molecule has 0 unspecified atom stereocenters. The average Bonchev–Trinajstić information content (AvgIpc) is 3.14. The minimum atomic E-state index is -0.00479. The van der Waals surface area contributed by atoms with Gasteiger partial charge in [0.15, 0.2) is 6.61 Å². The molecule has 150 valence electrons. The number of amides is 1. The Morgan fingerprint density at radius 3 is 2.52 bits per heavy atom. The summed E-state index contributed by atoms with van der Waals surface area (Å²) >= 11 is 0. The minimum absolute atomic E-state index is 0.00479. The molecule has 1 heterocycles. The van der Waals surface area contributed by atoms with E-state index in [1.807, 2.05) is 12.1 Å². The number of likely N-dealkylation sites (tertiary alicyclic amines) is 1. The molecule has 0 aromatic heterocycles. The van der Waals surface area contributed by atoms with Gasteiger partial charge < -0.3 is 15.0 Å². The van der Waals surface area contributed by atoms with Crippen LogP contribution in [-0.2, 0) is 4.79 Å². The first kappa shape index (κ1) is 20.2. The molecule has 1 aliphatic heterocycles. The molecule has 0 spiro atoms. The number of rotatable bonds is 7. The molecule has 1 aliphatic carbocycles. The van der Waals surface area contributed by atoms with Crippen molar-refractivity contribution in [3.8, 4) is 5.75 Å².